The molecule has 154 valence electrons. The molecule has 0 bridgehead atoms. The number of carbonyl (C=O) groups excluding carboxylic acids is 2. The fourth-order valence-corrected chi connectivity index (χ4v) is 3.43. The van der Waals surface area contributed by atoms with Crippen LogP contribution >= 0.6 is 0 Å². The Hall–Kier alpha value is -2.86. The van der Waals surface area contributed by atoms with Gasteiger partial charge >= 0.3 is 0 Å². The lowest BCUT2D eigenvalue weighted by molar-refractivity contribution is -0.126. The third-order valence-electron chi connectivity index (χ3n) is 5.27. The van der Waals surface area contributed by atoms with Crippen molar-refractivity contribution in [1.82, 2.24) is 10.2 Å². The van der Waals surface area contributed by atoms with E-state index < -0.39 is 0 Å². The zero-order valence-corrected chi connectivity index (χ0v) is 17.2. The van der Waals surface area contributed by atoms with Crippen LogP contribution < -0.4 is 15.5 Å². The quantitative estimate of drug-likeness (QED) is 0.757. The summed E-state index contributed by atoms with van der Waals surface area (Å²) in [6, 6.07) is 17.8. The van der Waals surface area contributed by atoms with E-state index in [0.717, 1.165) is 37.4 Å². The molecule has 6 heteroatoms. The first-order chi connectivity index (χ1) is 14.0. The molecule has 6 nitrogen and oxygen atoms in total. The fourth-order valence-electron chi connectivity index (χ4n) is 3.43. The van der Waals surface area contributed by atoms with E-state index in [1.165, 1.54) is 5.69 Å². The van der Waals surface area contributed by atoms with Gasteiger partial charge in [0.1, 0.15) is 0 Å². The number of nitrogens with zero attached hydrogens (tertiary/aromatic N) is 2. The van der Waals surface area contributed by atoms with Crippen LogP contribution in [0.25, 0.3) is 0 Å². The molecule has 3 rings (SSSR count). The van der Waals surface area contributed by atoms with Gasteiger partial charge in [-0.1, -0.05) is 37.3 Å². The Morgan fingerprint density at radius 1 is 0.966 bits per heavy atom. The highest BCUT2D eigenvalue weighted by atomic mass is 16.2. The summed E-state index contributed by atoms with van der Waals surface area (Å²) in [7, 11) is 2.14. The van der Waals surface area contributed by atoms with Crippen LogP contribution in [-0.4, -0.2) is 56.5 Å². The first-order valence-electron chi connectivity index (χ1n) is 10.2. The van der Waals surface area contributed by atoms with Gasteiger partial charge in [0.15, 0.2) is 0 Å². The molecule has 0 saturated carbocycles. The van der Waals surface area contributed by atoms with Crippen LogP contribution in [0.5, 0.6) is 0 Å². The highest BCUT2D eigenvalue weighted by Crippen LogP contribution is 2.19. The van der Waals surface area contributed by atoms with Gasteiger partial charge in [-0.25, -0.2) is 0 Å². The van der Waals surface area contributed by atoms with Crippen molar-refractivity contribution in [2.45, 2.75) is 13.3 Å². The number of benzene rings is 2. The average molecular weight is 395 g/mol. The van der Waals surface area contributed by atoms with E-state index in [0.29, 0.717) is 6.42 Å². The second-order valence-electron chi connectivity index (χ2n) is 7.69. The molecule has 2 aromatic carbocycles. The summed E-state index contributed by atoms with van der Waals surface area (Å²) in [5, 5.41) is 5.57. The summed E-state index contributed by atoms with van der Waals surface area (Å²) >= 11 is 0. The molecule has 0 aromatic heterocycles. The predicted molar refractivity (Wildman–Crippen MR) is 117 cm³/mol. The molecule has 1 aliphatic heterocycles. The van der Waals surface area contributed by atoms with Crippen LogP contribution in [0, 0.1) is 5.92 Å². The Morgan fingerprint density at radius 3 is 2.28 bits per heavy atom. The molecule has 1 heterocycles. The van der Waals surface area contributed by atoms with Crippen molar-refractivity contribution in [3.05, 3.63) is 60.2 Å². The average Bonchev–Trinajstić information content (AvgIpc) is 2.74. The number of carbonyl (C=O) groups is 2. The molecule has 1 fully saturated rings. The van der Waals surface area contributed by atoms with Crippen LogP contribution in [0.15, 0.2) is 54.6 Å². The van der Waals surface area contributed by atoms with Crippen molar-refractivity contribution in [1.29, 1.82) is 0 Å². The van der Waals surface area contributed by atoms with E-state index in [4.69, 9.17) is 0 Å². The normalized spacial score (nSPS) is 15.6. The van der Waals surface area contributed by atoms with Gasteiger partial charge in [0, 0.05) is 43.5 Å². The van der Waals surface area contributed by atoms with Crippen LogP contribution in [-0.2, 0) is 16.0 Å². The number of amides is 2. The Balaban J connectivity index is 1.42. The summed E-state index contributed by atoms with van der Waals surface area (Å²) in [5.41, 5.74) is 3.01. The lowest BCUT2D eigenvalue weighted by Crippen LogP contribution is -2.44. The number of nitrogens with one attached hydrogen (secondary N) is 2. The van der Waals surface area contributed by atoms with E-state index in [2.05, 4.69) is 27.5 Å². The monoisotopic (exact) mass is 394 g/mol. The van der Waals surface area contributed by atoms with Crippen molar-refractivity contribution in [2.75, 3.05) is 50.0 Å². The van der Waals surface area contributed by atoms with E-state index in [-0.39, 0.29) is 24.3 Å². The number of likely N-dealkylation sites (N-methyl/N-ethyl adjacent to an activating group) is 1. The first kappa shape index (κ1) is 20.9. The van der Waals surface area contributed by atoms with Crippen molar-refractivity contribution in [3.63, 3.8) is 0 Å². The maximum Gasteiger partial charge on any atom is 0.243 e. The second-order valence-corrected chi connectivity index (χ2v) is 7.69. The van der Waals surface area contributed by atoms with E-state index in [9.17, 15) is 9.59 Å². The number of rotatable bonds is 7. The molecule has 1 unspecified atom stereocenters. The van der Waals surface area contributed by atoms with Crippen LogP contribution in [0.4, 0.5) is 11.4 Å². The molecule has 1 saturated heterocycles. The van der Waals surface area contributed by atoms with Gasteiger partial charge in [0.2, 0.25) is 11.8 Å². The number of hydrogen-bond donors (Lipinski definition) is 2. The molecule has 0 aliphatic carbocycles. The van der Waals surface area contributed by atoms with Gasteiger partial charge in [-0.05, 0) is 43.3 Å². The fraction of sp³-hybridized carbons (Fsp3) is 0.391. The standard InChI is InChI=1S/C23H30N4O2/c1-18(16-19-6-4-3-5-7-19)23(29)24-17-22(28)25-20-8-10-21(11-9-20)27-14-12-26(2)13-15-27/h3-11,18H,12-17H2,1-2H3,(H,24,29)(H,25,28). The molecule has 0 radical (unpaired) electrons. The molecule has 0 spiro atoms. The van der Waals surface area contributed by atoms with E-state index >= 15 is 0 Å². The Bertz CT molecular complexity index is 799. The third-order valence-corrected chi connectivity index (χ3v) is 5.27. The molecular formula is C23H30N4O2. The second kappa shape index (κ2) is 10.1. The Morgan fingerprint density at radius 2 is 1.62 bits per heavy atom. The van der Waals surface area contributed by atoms with E-state index in [1.807, 2.05) is 61.5 Å². The van der Waals surface area contributed by atoms with Gasteiger partial charge in [-0.2, -0.15) is 0 Å². The number of piperazine rings is 1. The van der Waals surface area contributed by atoms with Gasteiger partial charge in [-0.3, -0.25) is 9.59 Å². The maximum absolute atomic E-state index is 12.2. The Kier molecular flexibility index (Phi) is 7.25. The summed E-state index contributed by atoms with van der Waals surface area (Å²) in [4.78, 5) is 29.1. The summed E-state index contributed by atoms with van der Waals surface area (Å²) in [5.74, 6) is -0.528. The zero-order chi connectivity index (χ0) is 20.6. The molecule has 29 heavy (non-hydrogen) atoms. The minimum absolute atomic E-state index is 0.0296. The third kappa shape index (κ3) is 6.32. The lowest BCUT2D eigenvalue weighted by Gasteiger charge is -2.34. The molecule has 2 aromatic rings. The van der Waals surface area contributed by atoms with Crippen LogP contribution in [0.2, 0.25) is 0 Å². The van der Waals surface area contributed by atoms with E-state index in [1.54, 1.807) is 0 Å². The van der Waals surface area contributed by atoms with Crippen molar-refractivity contribution >= 4 is 23.2 Å². The number of hydrogen-bond acceptors (Lipinski definition) is 4. The van der Waals surface area contributed by atoms with Gasteiger partial charge in [-0.15, -0.1) is 0 Å². The van der Waals surface area contributed by atoms with Gasteiger partial charge < -0.3 is 20.4 Å². The largest absolute Gasteiger partial charge is 0.369 e. The maximum atomic E-state index is 12.2. The minimum Gasteiger partial charge on any atom is -0.369 e. The summed E-state index contributed by atoms with van der Waals surface area (Å²) < 4.78 is 0. The summed E-state index contributed by atoms with van der Waals surface area (Å²) in [6.07, 6.45) is 0.655. The molecule has 1 atom stereocenters. The molecule has 1 aliphatic rings. The Labute approximate surface area is 172 Å². The summed E-state index contributed by atoms with van der Waals surface area (Å²) in [6.45, 7) is 5.97. The molecular weight excluding hydrogens is 364 g/mol. The SMILES string of the molecule is CC(Cc1ccccc1)C(=O)NCC(=O)Nc1ccc(N2CCN(C)CC2)cc1. The van der Waals surface area contributed by atoms with Crippen molar-refractivity contribution in [2.24, 2.45) is 5.92 Å². The number of anilines is 2. The highest BCUT2D eigenvalue weighted by Gasteiger charge is 2.16. The molecule has 2 N–H and O–H groups in total. The molecule has 2 amide bonds. The van der Waals surface area contributed by atoms with Crippen molar-refractivity contribution < 1.29 is 9.59 Å². The van der Waals surface area contributed by atoms with Gasteiger partial charge in [0.05, 0.1) is 6.54 Å². The van der Waals surface area contributed by atoms with Gasteiger partial charge in [0.25, 0.3) is 0 Å². The minimum atomic E-state index is -0.224. The topological polar surface area (TPSA) is 64.7 Å². The lowest BCUT2D eigenvalue weighted by atomic mass is 10.0. The van der Waals surface area contributed by atoms with Crippen LogP contribution in [0.3, 0.4) is 0 Å². The van der Waals surface area contributed by atoms with Crippen LogP contribution in [0.1, 0.15) is 12.5 Å². The van der Waals surface area contributed by atoms with Crippen molar-refractivity contribution in [3.8, 4) is 0 Å². The highest BCUT2D eigenvalue weighted by molar-refractivity contribution is 5.94. The first-order valence-corrected chi connectivity index (χ1v) is 10.2. The predicted octanol–water partition coefficient (Wildman–Crippen LogP) is 2.37. The smallest absolute Gasteiger partial charge is 0.243 e. The zero-order valence-electron chi connectivity index (χ0n) is 17.2.